The number of nitrogens with one attached hydrogen (secondary N) is 2. The maximum atomic E-state index is 11.4. The van der Waals surface area contributed by atoms with E-state index in [0.717, 1.165) is 19.3 Å². The summed E-state index contributed by atoms with van der Waals surface area (Å²) in [5.41, 5.74) is 0.643. The number of hydrogen-bond acceptors (Lipinski definition) is 2. The van der Waals surface area contributed by atoms with Gasteiger partial charge in [0.25, 0.3) is 0 Å². The minimum Gasteiger partial charge on any atom is -0.508 e. The Kier molecular flexibility index (Phi) is 5.45. The molecule has 0 spiro atoms. The lowest BCUT2D eigenvalue weighted by Gasteiger charge is -2.07. The number of anilines is 1. The standard InChI is InChI=1S/C13H16N2O2/c1-2-3-4-5-10-14-13(17)15-11-6-8-12(16)9-7-11/h1,6-9,16H,3-5,10H2,(H2,14,15,17). The van der Waals surface area contributed by atoms with E-state index in [-0.39, 0.29) is 11.8 Å². The summed E-state index contributed by atoms with van der Waals surface area (Å²) in [5.74, 6) is 2.72. The smallest absolute Gasteiger partial charge is 0.319 e. The summed E-state index contributed by atoms with van der Waals surface area (Å²) in [6.45, 7) is 0.603. The van der Waals surface area contributed by atoms with Crippen LogP contribution in [0.3, 0.4) is 0 Å². The Bertz CT molecular complexity index is 393. The topological polar surface area (TPSA) is 61.4 Å². The zero-order chi connectivity index (χ0) is 12.5. The summed E-state index contributed by atoms with van der Waals surface area (Å²) in [6.07, 6.45) is 7.63. The second-order valence-electron chi connectivity index (χ2n) is 3.59. The van der Waals surface area contributed by atoms with E-state index < -0.39 is 0 Å². The number of phenolic OH excluding ortho intramolecular Hbond substituents is 1. The number of carbonyl (C=O) groups is 1. The Morgan fingerprint density at radius 2 is 2.00 bits per heavy atom. The fraction of sp³-hybridized carbons (Fsp3) is 0.308. The summed E-state index contributed by atoms with van der Waals surface area (Å²) in [6, 6.07) is 6.04. The van der Waals surface area contributed by atoms with E-state index in [4.69, 9.17) is 11.5 Å². The molecule has 90 valence electrons. The average molecular weight is 232 g/mol. The number of rotatable bonds is 5. The first-order valence-corrected chi connectivity index (χ1v) is 5.49. The van der Waals surface area contributed by atoms with Gasteiger partial charge in [0.05, 0.1) is 0 Å². The Labute approximate surface area is 101 Å². The van der Waals surface area contributed by atoms with Crippen molar-refractivity contribution in [2.45, 2.75) is 19.3 Å². The van der Waals surface area contributed by atoms with Crippen LogP contribution in [0.5, 0.6) is 5.75 Å². The first kappa shape index (κ1) is 12.9. The zero-order valence-electron chi connectivity index (χ0n) is 9.57. The molecule has 0 heterocycles. The minimum absolute atomic E-state index is 0.172. The van der Waals surface area contributed by atoms with Crippen molar-refractivity contribution >= 4 is 11.7 Å². The molecule has 0 atom stereocenters. The number of terminal acetylenes is 1. The minimum atomic E-state index is -0.253. The van der Waals surface area contributed by atoms with Gasteiger partial charge in [-0.1, -0.05) is 0 Å². The van der Waals surface area contributed by atoms with Crippen molar-refractivity contribution < 1.29 is 9.90 Å². The van der Waals surface area contributed by atoms with Crippen LogP contribution in [0.4, 0.5) is 10.5 Å². The number of phenols is 1. The number of amides is 2. The molecule has 17 heavy (non-hydrogen) atoms. The van der Waals surface area contributed by atoms with Crippen molar-refractivity contribution in [3.05, 3.63) is 24.3 Å². The highest BCUT2D eigenvalue weighted by molar-refractivity contribution is 5.89. The second kappa shape index (κ2) is 7.18. The number of hydrogen-bond donors (Lipinski definition) is 3. The van der Waals surface area contributed by atoms with Gasteiger partial charge in [0.15, 0.2) is 0 Å². The SMILES string of the molecule is C#CCCCCNC(=O)Nc1ccc(O)cc1. The highest BCUT2D eigenvalue weighted by Crippen LogP contribution is 2.13. The largest absolute Gasteiger partial charge is 0.508 e. The van der Waals surface area contributed by atoms with Gasteiger partial charge in [-0.05, 0) is 37.1 Å². The van der Waals surface area contributed by atoms with Gasteiger partial charge >= 0.3 is 6.03 Å². The first-order chi connectivity index (χ1) is 8.22. The van der Waals surface area contributed by atoms with Crippen LogP contribution in [0, 0.1) is 12.3 Å². The number of benzene rings is 1. The molecular formula is C13H16N2O2. The predicted octanol–water partition coefficient (Wildman–Crippen LogP) is 2.32. The molecule has 0 bridgehead atoms. The molecule has 1 aromatic rings. The van der Waals surface area contributed by atoms with Gasteiger partial charge in [-0.25, -0.2) is 4.79 Å². The van der Waals surface area contributed by atoms with Gasteiger partial charge in [-0.3, -0.25) is 0 Å². The molecule has 3 N–H and O–H groups in total. The molecule has 2 amide bonds. The normalized spacial score (nSPS) is 9.35. The third-order valence-electron chi connectivity index (χ3n) is 2.16. The molecule has 0 unspecified atom stereocenters. The maximum absolute atomic E-state index is 11.4. The van der Waals surface area contributed by atoms with Crippen LogP contribution in [-0.2, 0) is 0 Å². The van der Waals surface area contributed by atoms with Crippen molar-refractivity contribution in [3.8, 4) is 18.1 Å². The Hall–Kier alpha value is -2.15. The highest BCUT2D eigenvalue weighted by atomic mass is 16.3. The molecule has 0 radical (unpaired) electrons. The molecule has 1 rings (SSSR count). The molecule has 0 aliphatic heterocycles. The van der Waals surface area contributed by atoms with E-state index >= 15 is 0 Å². The van der Waals surface area contributed by atoms with Crippen molar-refractivity contribution in [2.24, 2.45) is 0 Å². The van der Waals surface area contributed by atoms with Gasteiger partial charge < -0.3 is 15.7 Å². The van der Waals surface area contributed by atoms with Crippen molar-refractivity contribution in [1.82, 2.24) is 5.32 Å². The summed E-state index contributed by atoms with van der Waals surface area (Å²) < 4.78 is 0. The molecule has 0 fully saturated rings. The molecule has 0 aliphatic rings. The van der Waals surface area contributed by atoms with Gasteiger partial charge in [-0.15, -0.1) is 12.3 Å². The monoisotopic (exact) mass is 232 g/mol. The number of unbranched alkanes of at least 4 members (excludes halogenated alkanes) is 2. The zero-order valence-corrected chi connectivity index (χ0v) is 9.57. The predicted molar refractivity (Wildman–Crippen MR) is 67.8 cm³/mol. The van der Waals surface area contributed by atoms with E-state index in [2.05, 4.69) is 16.6 Å². The van der Waals surface area contributed by atoms with Crippen LogP contribution in [0.2, 0.25) is 0 Å². The average Bonchev–Trinajstić information content (AvgIpc) is 2.32. The van der Waals surface area contributed by atoms with Gasteiger partial charge in [0, 0.05) is 18.7 Å². The lowest BCUT2D eigenvalue weighted by Crippen LogP contribution is -2.29. The van der Waals surface area contributed by atoms with Crippen molar-refractivity contribution in [2.75, 3.05) is 11.9 Å². The summed E-state index contributed by atoms with van der Waals surface area (Å²) in [5, 5.41) is 14.5. The van der Waals surface area contributed by atoms with Crippen LogP contribution >= 0.6 is 0 Å². The van der Waals surface area contributed by atoms with Crippen LogP contribution in [0.1, 0.15) is 19.3 Å². The molecule has 0 saturated heterocycles. The van der Waals surface area contributed by atoms with E-state index in [0.29, 0.717) is 12.2 Å². The van der Waals surface area contributed by atoms with E-state index in [1.54, 1.807) is 12.1 Å². The van der Waals surface area contributed by atoms with Gasteiger partial charge in [0.2, 0.25) is 0 Å². The molecule has 1 aromatic carbocycles. The number of urea groups is 1. The number of aromatic hydroxyl groups is 1. The van der Waals surface area contributed by atoms with Crippen molar-refractivity contribution in [3.63, 3.8) is 0 Å². The van der Waals surface area contributed by atoms with Gasteiger partial charge in [0.1, 0.15) is 5.75 Å². The number of carbonyl (C=O) groups excluding carboxylic acids is 1. The maximum Gasteiger partial charge on any atom is 0.319 e. The molecule has 4 nitrogen and oxygen atoms in total. The first-order valence-electron chi connectivity index (χ1n) is 5.49. The highest BCUT2D eigenvalue weighted by Gasteiger charge is 2.00. The second-order valence-corrected chi connectivity index (χ2v) is 3.59. The Morgan fingerprint density at radius 1 is 1.29 bits per heavy atom. The summed E-state index contributed by atoms with van der Waals surface area (Å²) >= 11 is 0. The van der Waals surface area contributed by atoms with Crippen molar-refractivity contribution in [1.29, 1.82) is 0 Å². The Morgan fingerprint density at radius 3 is 2.65 bits per heavy atom. The third kappa shape index (κ3) is 5.47. The molecule has 0 saturated carbocycles. The lowest BCUT2D eigenvalue weighted by atomic mass is 10.2. The molecule has 4 heteroatoms. The summed E-state index contributed by atoms with van der Waals surface area (Å²) in [7, 11) is 0. The fourth-order valence-electron chi connectivity index (χ4n) is 1.27. The lowest BCUT2D eigenvalue weighted by molar-refractivity contribution is 0.252. The fourth-order valence-corrected chi connectivity index (χ4v) is 1.27. The molecule has 0 aromatic heterocycles. The van der Waals surface area contributed by atoms with E-state index in [1.165, 1.54) is 12.1 Å². The van der Waals surface area contributed by atoms with Crippen LogP contribution in [0.15, 0.2) is 24.3 Å². The van der Waals surface area contributed by atoms with Crippen LogP contribution in [0.25, 0.3) is 0 Å². The van der Waals surface area contributed by atoms with Gasteiger partial charge in [-0.2, -0.15) is 0 Å². The molecular weight excluding hydrogens is 216 g/mol. The summed E-state index contributed by atoms with van der Waals surface area (Å²) in [4.78, 5) is 11.4. The van der Waals surface area contributed by atoms with Crippen LogP contribution in [-0.4, -0.2) is 17.7 Å². The third-order valence-corrected chi connectivity index (χ3v) is 2.16. The van der Waals surface area contributed by atoms with E-state index in [9.17, 15) is 4.79 Å². The quantitative estimate of drug-likeness (QED) is 0.414. The van der Waals surface area contributed by atoms with E-state index in [1.807, 2.05) is 0 Å². The van der Waals surface area contributed by atoms with Crippen LogP contribution < -0.4 is 10.6 Å². The molecule has 0 aliphatic carbocycles. The Balaban J connectivity index is 2.21.